The largest absolute Gasteiger partial charge is 0.339 e. The summed E-state index contributed by atoms with van der Waals surface area (Å²) in [6.07, 6.45) is 0.220. The van der Waals surface area contributed by atoms with Crippen LogP contribution in [0.4, 0.5) is 10.5 Å². The maximum atomic E-state index is 12.4. The number of amides is 3. The zero-order valence-electron chi connectivity index (χ0n) is 14.5. The molecule has 0 aliphatic rings. The molecular formula is C19H21Cl2N3O2. The smallest absolute Gasteiger partial charge is 0.319 e. The molecule has 2 N–H and O–H groups in total. The normalized spacial score (nSPS) is 10.3. The number of anilines is 1. The molecule has 0 fully saturated rings. The number of hydrogen-bond donors (Lipinski definition) is 2. The highest BCUT2D eigenvalue weighted by Crippen LogP contribution is 2.23. The van der Waals surface area contributed by atoms with Crippen LogP contribution in [0.25, 0.3) is 0 Å². The van der Waals surface area contributed by atoms with Crippen LogP contribution < -0.4 is 10.6 Å². The van der Waals surface area contributed by atoms with Crippen LogP contribution in [0.1, 0.15) is 18.9 Å². The van der Waals surface area contributed by atoms with Gasteiger partial charge in [-0.2, -0.15) is 0 Å². The first-order chi connectivity index (χ1) is 12.5. The topological polar surface area (TPSA) is 61.4 Å². The zero-order chi connectivity index (χ0) is 18.9. The standard InChI is InChI=1S/C19H21Cl2N3O2/c1-2-24(13-14-8-9-16(20)17(21)12-14)18(25)10-11-22-19(26)23-15-6-4-3-5-7-15/h3-9,12H,2,10-11,13H2,1H3,(H2,22,23,26). The second-order valence-electron chi connectivity index (χ2n) is 5.65. The summed E-state index contributed by atoms with van der Waals surface area (Å²) in [5.74, 6) is -0.0430. The average Bonchev–Trinajstić information content (AvgIpc) is 2.63. The average molecular weight is 394 g/mol. The van der Waals surface area contributed by atoms with E-state index in [0.29, 0.717) is 28.8 Å². The van der Waals surface area contributed by atoms with E-state index in [1.54, 1.807) is 29.2 Å². The Morgan fingerprint density at radius 3 is 2.42 bits per heavy atom. The first kappa shape index (κ1) is 20.1. The molecule has 0 radical (unpaired) electrons. The van der Waals surface area contributed by atoms with E-state index >= 15 is 0 Å². The lowest BCUT2D eigenvalue weighted by Crippen LogP contribution is -2.35. The van der Waals surface area contributed by atoms with E-state index in [0.717, 1.165) is 5.56 Å². The van der Waals surface area contributed by atoms with Crippen LogP contribution in [0.5, 0.6) is 0 Å². The molecule has 0 aromatic heterocycles. The minimum atomic E-state index is -0.337. The van der Waals surface area contributed by atoms with Crippen LogP contribution in [0.2, 0.25) is 10.0 Å². The third kappa shape index (κ3) is 6.24. The Hall–Kier alpha value is -2.24. The van der Waals surface area contributed by atoms with Gasteiger partial charge in [-0.05, 0) is 36.8 Å². The highest BCUT2D eigenvalue weighted by molar-refractivity contribution is 6.42. The van der Waals surface area contributed by atoms with Gasteiger partial charge in [0.25, 0.3) is 0 Å². The number of rotatable bonds is 7. The minimum Gasteiger partial charge on any atom is -0.339 e. The lowest BCUT2D eigenvalue weighted by molar-refractivity contribution is -0.131. The van der Waals surface area contributed by atoms with E-state index in [1.165, 1.54) is 0 Å². The predicted molar refractivity (Wildman–Crippen MR) is 106 cm³/mol. The molecule has 0 unspecified atom stereocenters. The monoisotopic (exact) mass is 393 g/mol. The van der Waals surface area contributed by atoms with Gasteiger partial charge in [0, 0.05) is 31.7 Å². The third-order valence-corrected chi connectivity index (χ3v) is 4.49. The number of nitrogens with one attached hydrogen (secondary N) is 2. The fourth-order valence-electron chi connectivity index (χ4n) is 2.37. The van der Waals surface area contributed by atoms with Gasteiger partial charge in [0.1, 0.15) is 0 Å². The summed E-state index contributed by atoms with van der Waals surface area (Å²) in [4.78, 5) is 25.9. The van der Waals surface area contributed by atoms with E-state index in [9.17, 15) is 9.59 Å². The Kier molecular flexibility index (Phi) is 7.75. The maximum absolute atomic E-state index is 12.4. The van der Waals surface area contributed by atoms with Gasteiger partial charge < -0.3 is 15.5 Å². The van der Waals surface area contributed by atoms with E-state index in [-0.39, 0.29) is 24.9 Å². The lowest BCUT2D eigenvalue weighted by Gasteiger charge is -2.21. The number of carbonyl (C=O) groups is 2. The van der Waals surface area contributed by atoms with Crippen LogP contribution in [-0.2, 0) is 11.3 Å². The number of urea groups is 1. The fourth-order valence-corrected chi connectivity index (χ4v) is 2.69. The zero-order valence-corrected chi connectivity index (χ0v) is 16.0. The summed E-state index contributed by atoms with van der Waals surface area (Å²) in [5.41, 5.74) is 1.61. The molecule has 3 amide bonds. The van der Waals surface area contributed by atoms with Crippen molar-refractivity contribution < 1.29 is 9.59 Å². The van der Waals surface area contributed by atoms with Crippen LogP contribution in [0, 0.1) is 0 Å². The van der Waals surface area contributed by atoms with Crippen molar-refractivity contribution in [3.63, 3.8) is 0 Å². The quantitative estimate of drug-likeness (QED) is 0.724. The molecule has 0 saturated carbocycles. The molecule has 0 heterocycles. The van der Waals surface area contributed by atoms with Crippen LogP contribution in [-0.4, -0.2) is 29.9 Å². The van der Waals surface area contributed by atoms with Gasteiger partial charge in [0.2, 0.25) is 5.91 Å². The molecule has 26 heavy (non-hydrogen) atoms. The minimum absolute atomic E-state index is 0.0430. The van der Waals surface area contributed by atoms with Crippen molar-refractivity contribution in [1.82, 2.24) is 10.2 Å². The van der Waals surface area contributed by atoms with Crippen molar-refractivity contribution in [2.75, 3.05) is 18.4 Å². The molecule has 138 valence electrons. The molecule has 5 nitrogen and oxygen atoms in total. The lowest BCUT2D eigenvalue weighted by atomic mass is 10.2. The number of nitrogens with zero attached hydrogens (tertiary/aromatic N) is 1. The van der Waals surface area contributed by atoms with Crippen LogP contribution in [0.15, 0.2) is 48.5 Å². The van der Waals surface area contributed by atoms with Crippen LogP contribution in [0.3, 0.4) is 0 Å². The third-order valence-electron chi connectivity index (χ3n) is 3.75. The van der Waals surface area contributed by atoms with Crippen molar-refractivity contribution >= 4 is 40.8 Å². The number of para-hydroxylation sites is 1. The van der Waals surface area contributed by atoms with Gasteiger partial charge >= 0.3 is 6.03 Å². The summed E-state index contributed by atoms with van der Waals surface area (Å²) < 4.78 is 0. The van der Waals surface area contributed by atoms with Gasteiger partial charge in [0.15, 0.2) is 0 Å². The molecule has 0 bridgehead atoms. The molecule has 7 heteroatoms. The van der Waals surface area contributed by atoms with Gasteiger partial charge in [-0.3, -0.25) is 4.79 Å². The predicted octanol–water partition coefficient (Wildman–Crippen LogP) is 4.55. The SMILES string of the molecule is CCN(Cc1ccc(Cl)c(Cl)c1)C(=O)CCNC(=O)Nc1ccccc1. The van der Waals surface area contributed by atoms with Gasteiger partial charge in [-0.25, -0.2) is 4.79 Å². The molecule has 0 aliphatic heterocycles. The van der Waals surface area contributed by atoms with Crippen LogP contribution >= 0.6 is 23.2 Å². The first-order valence-electron chi connectivity index (χ1n) is 8.31. The Balaban J connectivity index is 1.79. The molecule has 2 aromatic carbocycles. The van der Waals surface area contributed by atoms with Gasteiger partial charge in [-0.1, -0.05) is 47.5 Å². The van der Waals surface area contributed by atoms with Crippen molar-refractivity contribution in [2.45, 2.75) is 19.9 Å². The summed E-state index contributed by atoms with van der Waals surface area (Å²) in [5, 5.41) is 6.34. The maximum Gasteiger partial charge on any atom is 0.319 e. The molecule has 2 rings (SSSR count). The molecule has 2 aromatic rings. The van der Waals surface area contributed by atoms with E-state index < -0.39 is 0 Å². The van der Waals surface area contributed by atoms with Crippen molar-refractivity contribution in [2.24, 2.45) is 0 Å². The first-order valence-corrected chi connectivity index (χ1v) is 9.06. The highest BCUT2D eigenvalue weighted by Gasteiger charge is 2.13. The molecular weight excluding hydrogens is 373 g/mol. The summed E-state index contributed by atoms with van der Waals surface area (Å²) in [6, 6.07) is 14.1. The molecule has 0 spiro atoms. The van der Waals surface area contributed by atoms with Gasteiger partial charge in [-0.15, -0.1) is 0 Å². The summed E-state index contributed by atoms with van der Waals surface area (Å²) in [7, 11) is 0. The number of halogens is 2. The second kappa shape index (κ2) is 10.0. The van der Waals surface area contributed by atoms with E-state index in [2.05, 4.69) is 10.6 Å². The summed E-state index contributed by atoms with van der Waals surface area (Å²) >= 11 is 11.9. The van der Waals surface area contributed by atoms with Crippen molar-refractivity contribution in [1.29, 1.82) is 0 Å². The fraction of sp³-hybridized carbons (Fsp3) is 0.263. The Morgan fingerprint density at radius 2 is 1.77 bits per heavy atom. The second-order valence-corrected chi connectivity index (χ2v) is 6.47. The van der Waals surface area contributed by atoms with Gasteiger partial charge in [0.05, 0.1) is 10.0 Å². The Morgan fingerprint density at radius 1 is 1.04 bits per heavy atom. The summed E-state index contributed by atoms with van der Waals surface area (Å²) in [6.45, 7) is 3.18. The number of benzene rings is 2. The highest BCUT2D eigenvalue weighted by atomic mass is 35.5. The van der Waals surface area contributed by atoms with Crippen molar-refractivity contribution in [3.8, 4) is 0 Å². The molecule has 0 aliphatic carbocycles. The molecule has 0 atom stereocenters. The van der Waals surface area contributed by atoms with Crippen molar-refractivity contribution in [3.05, 3.63) is 64.1 Å². The number of hydrogen-bond acceptors (Lipinski definition) is 2. The number of carbonyl (C=O) groups excluding carboxylic acids is 2. The van der Waals surface area contributed by atoms with E-state index in [4.69, 9.17) is 23.2 Å². The Bertz CT molecular complexity index is 754. The van der Waals surface area contributed by atoms with E-state index in [1.807, 2.05) is 31.2 Å². The Labute approximate surface area is 163 Å². The molecule has 0 saturated heterocycles.